The molecule has 0 bridgehead atoms. The number of benzene rings is 1. The summed E-state index contributed by atoms with van der Waals surface area (Å²) in [5.41, 5.74) is 0.885. The molecule has 0 amide bonds. The molecule has 1 unspecified atom stereocenters. The molecule has 0 aliphatic heterocycles. The van der Waals surface area contributed by atoms with E-state index in [9.17, 15) is 5.26 Å². The molecular weight excluding hydrogens is 254 g/mol. The summed E-state index contributed by atoms with van der Waals surface area (Å²) >= 11 is 0. The first kappa shape index (κ1) is 16.3. The highest BCUT2D eigenvalue weighted by Gasteiger charge is 2.13. The highest BCUT2D eigenvalue weighted by molar-refractivity contribution is 5.44. The fourth-order valence-electron chi connectivity index (χ4n) is 1.81. The minimum Gasteiger partial charge on any atom is -0.493 e. The molecule has 0 heterocycles. The SMILES string of the molecule is CCOc1cc(C(C#N)NCCN(C)C)ccc1OC. The molecule has 20 heavy (non-hydrogen) atoms. The van der Waals surface area contributed by atoms with Crippen LogP contribution in [0.5, 0.6) is 11.5 Å². The van der Waals surface area contributed by atoms with E-state index in [0.717, 1.165) is 18.7 Å². The Bertz CT molecular complexity index is 455. The fourth-order valence-corrected chi connectivity index (χ4v) is 1.81. The largest absolute Gasteiger partial charge is 0.493 e. The van der Waals surface area contributed by atoms with Crippen LogP contribution < -0.4 is 14.8 Å². The van der Waals surface area contributed by atoms with Crippen molar-refractivity contribution in [2.75, 3.05) is 40.9 Å². The van der Waals surface area contributed by atoms with E-state index < -0.39 is 0 Å². The molecule has 0 aliphatic rings. The highest BCUT2D eigenvalue weighted by Crippen LogP contribution is 2.30. The molecule has 1 N–H and O–H groups in total. The van der Waals surface area contributed by atoms with Crippen molar-refractivity contribution in [3.05, 3.63) is 23.8 Å². The number of nitrogens with zero attached hydrogens (tertiary/aromatic N) is 2. The maximum atomic E-state index is 9.29. The van der Waals surface area contributed by atoms with Crippen molar-refractivity contribution < 1.29 is 9.47 Å². The lowest BCUT2D eigenvalue weighted by Crippen LogP contribution is -2.29. The first-order chi connectivity index (χ1) is 9.62. The molecule has 0 aromatic heterocycles. The zero-order valence-corrected chi connectivity index (χ0v) is 12.6. The molecular formula is C15H23N3O2. The van der Waals surface area contributed by atoms with Crippen molar-refractivity contribution in [1.29, 1.82) is 5.26 Å². The van der Waals surface area contributed by atoms with Gasteiger partial charge < -0.3 is 14.4 Å². The second-order valence-corrected chi connectivity index (χ2v) is 4.66. The van der Waals surface area contributed by atoms with E-state index in [1.807, 2.05) is 39.2 Å². The van der Waals surface area contributed by atoms with Crippen molar-refractivity contribution in [2.45, 2.75) is 13.0 Å². The van der Waals surface area contributed by atoms with Crippen LogP contribution in [0.1, 0.15) is 18.5 Å². The number of hydrogen-bond acceptors (Lipinski definition) is 5. The number of nitrogens with one attached hydrogen (secondary N) is 1. The number of methoxy groups -OCH3 is 1. The third kappa shape index (κ3) is 4.72. The van der Waals surface area contributed by atoms with E-state index in [-0.39, 0.29) is 6.04 Å². The number of ether oxygens (including phenoxy) is 2. The first-order valence-corrected chi connectivity index (χ1v) is 6.70. The van der Waals surface area contributed by atoms with Crippen LogP contribution in [0, 0.1) is 11.3 Å². The van der Waals surface area contributed by atoms with Gasteiger partial charge in [-0.15, -0.1) is 0 Å². The maximum Gasteiger partial charge on any atom is 0.161 e. The van der Waals surface area contributed by atoms with Gasteiger partial charge in [-0.3, -0.25) is 5.32 Å². The molecule has 110 valence electrons. The topological polar surface area (TPSA) is 57.5 Å². The second-order valence-electron chi connectivity index (χ2n) is 4.66. The number of likely N-dealkylation sites (N-methyl/N-ethyl adjacent to an activating group) is 1. The summed E-state index contributed by atoms with van der Waals surface area (Å²) < 4.78 is 10.8. The molecule has 0 fully saturated rings. The monoisotopic (exact) mass is 277 g/mol. The van der Waals surface area contributed by atoms with E-state index in [4.69, 9.17) is 9.47 Å². The second kappa shape index (κ2) is 8.41. The lowest BCUT2D eigenvalue weighted by molar-refractivity contribution is 0.310. The smallest absolute Gasteiger partial charge is 0.161 e. The average molecular weight is 277 g/mol. The molecule has 0 radical (unpaired) electrons. The van der Waals surface area contributed by atoms with Gasteiger partial charge in [0.1, 0.15) is 6.04 Å². The molecule has 1 aromatic rings. The Kier molecular flexibility index (Phi) is 6.85. The summed E-state index contributed by atoms with van der Waals surface area (Å²) in [6, 6.07) is 7.50. The van der Waals surface area contributed by atoms with E-state index >= 15 is 0 Å². The normalized spacial score (nSPS) is 12.0. The Morgan fingerprint density at radius 2 is 2.10 bits per heavy atom. The standard InChI is InChI=1S/C15H23N3O2/c1-5-20-15-10-12(6-7-14(15)19-4)13(11-16)17-8-9-18(2)3/h6-7,10,13,17H,5,8-9H2,1-4H3. The summed E-state index contributed by atoms with van der Waals surface area (Å²) in [6.45, 7) is 4.11. The number of hydrogen-bond donors (Lipinski definition) is 1. The van der Waals surface area contributed by atoms with E-state index in [1.54, 1.807) is 7.11 Å². The summed E-state index contributed by atoms with van der Waals surface area (Å²) in [4.78, 5) is 2.07. The molecule has 0 spiro atoms. The van der Waals surface area contributed by atoms with Crippen LogP contribution in [0.3, 0.4) is 0 Å². The van der Waals surface area contributed by atoms with Crippen LogP contribution >= 0.6 is 0 Å². The van der Waals surface area contributed by atoms with Crippen LogP contribution in [-0.4, -0.2) is 45.8 Å². The van der Waals surface area contributed by atoms with Gasteiger partial charge in [0, 0.05) is 13.1 Å². The molecule has 1 atom stereocenters. The Labute approximate surface area is 121 Å². The minimum atomic E-state index is -0.347. The zero-order chi connectivity index (χ0) is 15.0. The van der Waals surface area contributed by atoms with Crippen LogP contribution in [0.2, 0.25) is 0 Å². The minimum absolute atomic E-state index is 0.347. The van der Waals surface area contributed by atoms with Gasteiger partial charge in [0.25, 0.3) is 0 Å². The van der Waals surface area contributed by atoms with Crippen molar-refractivity contribution in [2.24, 2.45) is 0 Å². The van der Waals surface area contributed by atoms with Gasteiger partial charge in [-0.1, -0.05) is 6.07 Å². The quantitative estimate of drug-likeness (QED) is 0.785. The van der Waals surface area contributed by atoms with Crippen LogP contribution in [0.25, 0.3) is 0 Å². The van der Waals surface area contributed by atoms with Gasteiger partial charge in [0.05, 0.1) is 19.8 Å². The van der Waals surface area contributed by atoms with Crippen molar-refractivity contribution in [3.8, 4) is 17.6 Å². The van der Waals surface area contributed by atoms with Crippen molar-refractivity contribution >= 4 is 0 Å². The average Bonchev–Trinajstić information content (AvgIpc) is 2.43. The van der Waals surface area contributed by atoms with E-state index in [2.05, 4.69) is 16.3 Å². The Balaban J connectivity index is 2.82. The fraction of sp³-hybridized carbons (Fsp3) is 0.533. The Hall–Kier alpha value is -1.77. The van der Waals surface area contributed by atoms with Gasteiger partial charge in [-0.05, 0) is 38.7 Å². The summed E-state index contributed by atoms with van der Waals surface area (Å²) in [5, 5.41) is 12.5. The molecule has 1 aromatic carbocycles. The molecule has 5 nitrogen and oxygen atoms in total. The summed E-state index contributed by atoms with van der Waals surface area (Å²) in [5.74, 6) is 1.35. The van der Waals surface area contributed by atoms with Gasteiger partial charge >= 0.3 is 0 Å². The van der Waals surface area contributed by atoms with Crippen LogP contribution in [0.15, 0.2) is 18.2 Å². The third-order valence-electron chi connectivity index (χ3n) is 2.86. The van der Waals surface area contributed by atoms with Gasteiger partial charge in [0.2, 0.25) is 0 Å². The molecule has 1 rings (SSSR count). The lowest BCUT2D eigenvalue weighted by atomic mass is 10.1. The number of rotatable bonds is 8. The van der Waals surface area contributed by atoms with E-state index in [0.29, 0.717) is 18.1 Å². The van der Waals surface area contributed by atoms with Gasteiger partial charge in [0.15, 0.2) is 11.5 Å². The number of nitriles is 1. The predicted octanol–water partition coefficient (Wildman–Crippen LogP) is 1.81. The third-order valence-corrected chi connectivity index (χ3v) is 2.86. The molecule has 0 saturated heterocycles. The molecule has 0 aliphatic carbocycles. The summed E-state index contributed by atoms with van der Waals surface area (Å²) in [7, 11) is 5.61. The van der Waals surface area contributed by atoms with Gasteiger partial charge in [-0.25, -0.2) is 0 Å². The van der Waals surface area contributed by atoms with Crippen molar-refractivity contribution in [3.63, 3.8) is 0 Å². The Morgan fingerprint density at radius 3 is 2.65 bits per heavy atom. The highest BCUT2D eigenvalue weighted by atomic mass is 16.5. The lowest BCUT2D eigenvalue weighted by Gasteiger charge is -2.16. The Morgan fingerprint density at radius 1 is 1.35 bits per heavy atom. The zero-order valence-electron chi connectivity index (χ0n) is 12.6. The molecule has 5 heteroatoms. The predicted molar refractivity (Wildman–Crippen MR) is 79.1 cm³/mol. The van der Waals surface area contributed by atoms with Crippen molar-refractivity contribution in [1.82, 2.24) is 10.2 Å². The summed E-state index contributed by atoms with van der Waals surface area (Å²) in [6.07, 6.45) is 0. The molecule has 0 saturated carbocycles. The first-order valence-electron chi connectivity index (χ1n) is 6.70. The van der Waals surface area contributed by atoms with E-state index in [1.165, 1.54) is 0 Å². The van der Waals surface area contributed by atoms with Crippen LogP contribution in [0.4, 0.5) is 0 Å². The van der Waals surface area contributed by atoms with Crippen LogP contribution in [-0.2, 0) is 0 Å². The van der Waals surface area contributed by atoms with Gasteiger partial charge in [-0.2, -0.15) is 5.26 Å². The maximum absolute atomic E-state index is 9.29.